The Kier molecular flexibility index (Phi) is 4.17. The van der Waals surface area contributed by atoms with Crippen molar-refractivity contribution in [1.29, 1.82) is 0 Å². The molecule has 0 bridgehead atoms. The summed E-state index contributed by atoms with van der Waals surface area (Å²) in [5.41, 5.74) is 1.97. The minimum absolute atomic E-state index is 0.633. The van der Waals surface area contributed by atoms with Gasteiger partial charge in [0.15, 0.2) is 0 Å². The number of rotatable bonds is 5. The molecule has 0 atom stereocenters. The molecule has 5 nitrogen and oxygen atoms in total. The molecule has 18 heavy (non-hydrogen) atoms. The Morgan fingerprint density at radius 3 is 2.89 bits per heavy atom. The van der Waals surface area contributed by atoms with E-state index in [1.165, 1.54) is 0 Å². The van der Waals surface area contributed by atoms with Crippen LogP contribution < -0.4 is 10.1 Å². The number of hydrogen-bond donors (Lipinski definition) is 1. The van der Waals surface area contributed by atoms with Gasteiger partial charge in [0.2, 0.25) is 0 Å². The van der Waals surface area contributed by atoms with E-state index in [0.717, 1.165) is 17.0 Å². The molecule has 0 fully saturated rings. The van der Waals surface area contributed by atoms with Crippen LogP contribution in [-0.4, -0.2) is 22.1 Å². The zero-order valence-electron chi connectivity index (χ0n) is 10.4. The summed E-state index contributed by atoms with van der Waals surface area (Å²) in [7, 11) is 3.50. The molecule has 1 aromatic heterocycles. The number of ether oxygens (including phenoxy) is 1. The lowest BCUT2D eigenvalue weighted by molar-refractivity contribution is 0.407. The topological polar surface area (TPSA) is 52.0 Å². The maximum Gasteiger partial charge on any atom is 0.124 e. The molecular weight excluding hydrogens is 252 g/mol. The molecule has 0 aliphatic rings. The molecule has 1 aromatic carbocycles. The van der Waals surface area contributed by atoms with Crippen molar-refractivity contribution in [3.05, 3.63) is 40.7 Å². The fourth-order valence-corrected chi connectivity index (χ4v) is 1.92. The monoisotopic (exact) mass is 266 g/mol. The third kappa shape index (κ3) is 2.80. The van der Waals surface area contributed by atoms with Crippen molar-refractivity contribution < 1.29 is 4.74 Å². The van der Waals surface area contributed by atoms with Crippen LogP contribution in [0.15, 0.2) is 24.4 Å². The molecule has 0 aliphatic heterocycles. The molecule has 0 unspecified atom stereocenters. The standard InChI is InChI=1S/C12H15ClN4O/c1-17-9(7-15-16-17)6-14-8-10-11(13)4-3-5-12(10)18-2/h3-5,7,14H,6,8H2,1-2H3. The van der Waals surface area contributed by atoms with Gasteiger partial charge in [-0.25, -0.2) is 0 Å². The minimum Gasteiger partial charge on any atom is -0.496 e. The lowest BCUT2D eigenvalue weighted by atomic mass is 10.2. The van der Waals surface area contributed by atoms with Crippen LogP contribution in [0.25, 0.3) is 0 Å². The van der Waals surface area contributed by atoms with E-state index in [-0.39, 0.29) is 0 Å². The number of hydrogen-bond acceptors (Lipinski definition) is 4. The molecule has 0 saturated carbocycles. The highest BCUT2D eigenvalue weighted by molar-refractivity contribution is 6.31. The van der Waals surface area contributed by atoms with Gasteiger partial charge < -0.3 is 10.1 Å². The predicted molar refractivity (Wildman–Crippen MR) is 69.6 cm³/mol. The molecule has 0 amide bonds. The van der Waals surface area contributed by atoms with Crippen molar-refractivity contribution in [2.75, 3.05) is 7.11 Å². The van der Waals surface area contributed by atoms with Crippen molar-refractivity contribution >= 4 is 11.6 Å². The molecule has 0 radical (unpaired) electrons. The zero-order valence-corrected chi connectivity index (χ0v) is 11.1. The Labute approximate surface area is 111 Å². The second kappa shape index (κ2) is 5.84. The molecule has 2 aromatic rings. The van der Waals surface area contributed by atoms with Crippen molar-refractivity contribution in [2.24, 2.45) is 7.05 Å². The first kappa shape index (κ1) is 12.9. The van der Waals surface area contributed by atoms with Gasteiger partial charge in [-0.1, -0.05) is 22.9 Å². The SMILES string of the molecule is COc1cccc(Cl)c1CNCc1cnnn1C. The maximum absolute atomic E-state index is 6.15. The van der Waals surface area contributed by atoms with E-state index in [4.69, 9.17) is 16.3 Å². The summed E-state index contributed by atoms with van der Waals surface area (Å²) in [6, 6.07) is 5.62. The van der Waals surface area contributed by atoms with Crippen molar-refractivity contribution in [3.8, 4) is 5.75 Å². The van der Waals surface area contributed by atoms with Crippen LogP contribution in [0.4, 0.5) is 0 Å². The third-order valence-electron chi connectivity index (χ3n) is 2.71. The van der Waals surface area contributed by atoms with Crippen molar-refractivity contribution in [3.63, 3.8) is 0 Å². The Morgan fingerprint density at radius 1 is 1.39 bits per heavy atom. The summed E-state index contributed by atoms with van der Waals surface area (Å²) in [6.07, 6.45) is 1.73. The Morgan fingerprint density at radius 2 is 2.22 bits per heavy atom. The average Bonchev–Trinajstić information content (AvgIpc) is 2.77. The van der Waals surface area contributed by atoms with Crippen LogP contribution in [0.2, 0.25) is 5.02 Å². The average molecular weight is 267 g/mol. The van der Waals surface area contributed by atoms with Crippen LogP contribution >= 0.6 is 11.6 Å². The van der Waals surface area contributed by atoms with Gasteiger partial charge in [-0.3, -0.25) is 4.68 Å². The number of nitrogens with zero attached hydrogens (tertiary/aromatic N) is 3. The van der Waals surface area contributed by atoms with Crippen LogP contribution in [0.1, 0.15) is 11.3 Å². The second-order valence-electron chi connectivity index (χ2n) is 3.87. The minimum atomic E-state index is 0.633. The fraction of sp³-hybridized carbons (Fsp3) is 0.333. The van der Waals surface area contributed by atoms with E-state index >= 15 is 0 Å². The summed E-state index contributed by atoms with van der Waals surface area (Å²) in [6.45, 7) is 1.31. The smallest absolute Gasteiger partial charge is 0.124 e. The first-order chi connectivity index (χ1) is 8.72. The molecular formula is C12H15ClN4O. The lowest BCUT2D eigenvalue weighted by Gasteiger charge is -2.11. The second-order valence-corrected chi connectivity index (χ2v) is 4.28. The first-order valence-electron chi connectivity index (χ1n) is 5.58. The summed E-state index contributed by atoms with van der Waals surface area (Å²) in [4.78, 5) is 0. The van der Waals surface area contributed by atoms with Gasteiger partial charge in [-0.15, -0.1) is 5.10 Å². The molecule has 0 aliphatic carbocycles. The van der Waals surface area contributed by atoms with E-state index in [9.17, 15) is 0 Å². The van der Waals surface area contributed by atoms with Gasteiger partial charge in [0, 0.05) is 30.7 Å². The zero-order chi connectivity index (χ0) is 13.0. The molecule has 1 heterocycles. The van der Waals surface area contributed by atoms with Gasteiger partial charge in [-0.05, 0) is 12.1 Å². The van der Waals surface area contributed by atoms with Gasteiger partial charge in [0.25, 0.3) is 0 Å². The molecule has 0 saturated heterocycles. The summed E-state index contributed by atoms with van der Waals surface area (Å²) in [5.74, 6) is 0.790. The van der Waals surface area contributed by atoms with Gasteiger partial charge in [0.05, 0.1) is 19.0 Å². The van der Waals surface area contributed by atoms with E-state index < -0.39 is 0 Å². The van der Waals surface area contributed by atoms with Gasteiger partial charge >= 0.3 is 0 Å². The largest absolute Gasteiger partial charge is 0.496 e. The van der Waals surface area contributed by atoms with E-state index in [1.54, 1.807) is 18.0 Å². The first-order valence-corrected chi connectivity index (χ1v) is 5.96. The molecule has 0 spiro atoms. The highest BCUT2D eigenvalue weighted by Gasteiger charge is 2.07. The normalized spacial score (nSPS) is 10.6. The van der Waals surface area contributed by atoms with E-state index in [1.807, 2.05) is 25.2 Å². The van der Waals surface area contributed by atoms with Crippen LogP contribution in [0.3, 0.4) is 0 Å². The fourth-order valence-electron chi connectivity index (χ4n) is 1.69. The summed E-state index contributed by atoms with van der Waals surface area (Å²) < 4.78 is 7.02. The number of aromatic nitrogens is 3. The van der Waals surface area contributed by atoms with Crippen LogP contribution in [0.5, 0.6) is 5.75 Å². The predicted octanol–water partition coefficient (Wildman–Crippen LogP) is 1.77. The van der Waals surface area contributed by atoms with Crippen LogP contribution in [-0.2, 0) is 20.1 Å². The number of aryl methyl sites for hydroxylation is 1. The van der Waals surface area contributed by atoms with E-state index in [0.29, 0.717) is 18.1 Å². The molecule has 2 rings (SSSR count). The maximum atomic E-state index is 6.15. The molecule has 1 N–H and O–H groups in total. The lowest BCUT2D eigenvalue weighted by Crippen LogP contribution is -2.16. The van der Waals surface area contributed by atoms with Crippen LogP contribution in [0, 0.1) is 0 Å². The molecule has 6 heteroatoms. The quantitative estimate of drug-likeness (QED) is 0.896. The number of methoxy groups -OCH3 is 1. The Balaban J connectivity index is 2.00. The summed E-state index contributed by atoms with van der Waals surface area (Å²) >= 11 is 6.15. The summed E-state index contributed by atoms with van der Waals surface area (Å²) in [5, 5.41) is 11.7. The highest BCUT2D eigenvalue weighted by Crippen LogP contribution is 2.25. The van der Waals surface area contributed by atoms with Gasteiger partial charge in [0.1, 0.15) is 5.75 Å². The third-order valence-corrected chi connectivity index (χ3v) is 3.07. The number of benzene rings is 1. The highest BCUT2D eigenvalue weighted by atomic mass is 35.5. The van der Waals surface area contributed by atoms with Crippen molar-refractivity contribution in [2.45, 2.75) is 13.1 Å². The van der Waals surface area contributed by atoms with E-state index in [2.05, 4.69) is 15.6 Å². The van der Waals surface area contributed by atoms with Crippen molar-refractivity contribution in [1.82, 2.24) is 20.3 Å². The Hall–Kier alpha value is -1.59. The number of halogens is 1. The van der Waals surface area contributed by atoms with Gasteiger partial charge in [-0.2, -0.15) is 0 Å². The number of nitrogens with one attached hydrogen (secondary N) is 1. The molecule has 96 valence electrons. The Bertz CT molecular complexity index is 527.